The first kappa shape index (κ1) is 14.9. The van der Waals surface area contributed by atoms with Crippen LogP contribution in [0.3, 0.4) is 0 Å². The molecule has 1 fully saturated rings. The lowest BCUT2D eigenvalue weighted by Crippen LogP contribution is -2.57. The highest BCUT2D eigenvalue weighted by Gasteiger charge is 2.43. The van der Waals surface area contributed by atoms with Gasteiger partial charge in [-0.1, -0.05) is 12.1 Å². The third kappa shape index (κ3) is 2.97. The van der Waals surface area contributed by atoms with Crippen molar-refractivity contribution in [1.82, 2.24) is 0 Å². The summed E-state index contributed by atoms with van der Waals surface area (Å²) in [7, 11) is 0. The molecule has 110 valence electrons. The zero-order valence-electron chi connectivity index (χ0n) is 10.6. The topological polar surface area (TPSA) is 123 Å². The lowest BCUT2D eigenvalue weighted by Gasteiger charge is -2.38. The van der Waals surface area contributed by atoms with Gasteiger partial charge in [-0.2, -0.15) is 0 Å². The predicted octanol–water partition coefficient (Wildman–Crippen LogP) is -1.39. The average molecular weight is 283 g/mol. The van der Waals surface area contributed by atoms with Crippen molar-refractivity contribution in [3.63, 3.8) is 0 Å². The summed E-state index contributed by atoms with van der Waals surface area (Å²) in [6, 6.07) is 6.45. The second-order valence-corrected chi connectivity index (χ2v) is 4.56. The maximum absolute atomic E-state index is 9.78. The molecular weight excluding hydrogens is 266 g/mol. The highest BCUT2D eigenvalue weighted by atomic mass is 16.6. The number of hydrogen-bond acceptors (Lipinski definition) is 7. The number of phenols is 1. The summed E-state index contributed by atoms with van der Waals surface area (Å²) in [4.78, 5) is 3.94. The smallest absolute Gasteiger partial charge is 0.177 e. The van der Waals surface area contributed by atoms with E-state index in [0.29, 0.717) is 5.56 Å². The van der Waals surface area contributed by atoms with Gasteiger partial charge in [0, 0.05) is 11.8 Å². The van der Waals surface area contributed by atoms with E-state index in [1.165, 1.54) is 12.3 Å². The Morgan fingerprint density at radius 3 is 2.45 bits per heavy atom. The fourth-order valence-corrected chi connectivity index (χ4v) is 1.96. The summed E-state index contributed by atoms with van der Waals surface area (Å²) in [5.41, 5.74) is 0.421. The fraction of sp³-hybridized carbons (Fsp3) is 0.462. The number of rotatable bonds is 3. The first-order chi connectivity index (χ1) is 9.54. The van der Waals surface area contributed by atoms with Gasteiger partial charge in [-0.15, -0.1) is 0 Å². The average Bonchev–Trinajstić information content (AvgIpc) is 2.46. The van der Waals surface area contributed by atoms with Gasteiger partial charge in [-0.25, -0.2) is 0 Å². The summed E-state index contributed by atoms with van der Waals surface area (Å²) in [6.45, 7) is -0.506. The second-order valence-electron chi connectivity index (χ2n) is 4.56. The van der Waals surface area contributed by atoms with Crippen molar-refractivity contribution in [3.05, 3.63) is 29.8 Å². The number of aliphatic hydroxyl groups excluding tert-OH is 4. The fourth-order valence-electron chi connectivity index (χ4n) is 1.96. The van der Waals surface area contributed by atoms with E-state index < -0.39 is 37.3 Å². The third-order valence-corrected chi connectivity index (χ3v) is 3.16. The largest absolute Gasteiger partial charge is 0.507 e. The molecule has 0 radical (unpaired) electrons. The van der Waals surface area contributed by atoms with Crippen LogP contribution in [-0.2, 0) is 4.74 Å². The molecule has 7 nitrogen and oxygen atoms in total. The van der Waals surface area contributed by atoms with Crippen molar-refractivity contribution < 1.29 is 30.3 Å². The number of aliphatic imine (C=N–C) groups is 1. The number of phenolic OH excluding ortho intramolecular Hbond substituents is 1. The van der Waals surface area contributed by atoms with E-state index in [-0.39, 0.29) is 5.75 Å². The Hall–Kier alpha value is -1.51. The Balaban J connectivity index is 2.14. The summed E-state index contributed by atoms with van der Waals surface area (Å²) < 4.78 is 5.20. The Labute approximate surface area is 115 Å². The molecule has 1 saturated heterocycles. The summed E-state index contributed by atoms with van der Waals surface area (Å²) >= 11 is 0. The lowest BCUT2D eigenvalue weighted by atomic mass is 9.98. The van der Waals surface area contributed by atoms with Gasteiger partial charge in [0.25, 0.3) is 0 Å². The molecule has 5 atom stereocenters. The van der Waals surface area contributed by atoms with Crippen LogP contribution < -0.4 is 0 Å². The minimum atomic E-state index is -1.47. The molecule has 2 rings (SSSR count). The van der Waals surface area contributed by atoms with Crippen molar-refractivity contribution in [1.29, 1.82) is 0 Å². The molecule has 1 aliphatic heterocycles. The maximum atomic E-state index is 9.78. The zero-order valence-corrected chi connectivity index (χ0v) is 10.6. The molecule has 1 aromatic carbocycles. The van der Waals surface area contributed by atoms with Crippen LogP contribution in [-0.4, -0.2) is 69.0 Å². The molecule has 7 heteroatoms. The molecule has 0 aromatic heterocycles. The number of aromatic hydroxyl groups is 1. The Morgan fingerprint density at radius 1 is 1.10 bits per heavy atom. The van der Waals surface area contributed by atoms with Crippen LogP contribution in [0.5, 0.6) is 5.75 Å². The Kier molecular flexibility index (Phi) is 4.69. The molecule has 0 saturated carbocycles. The van der Waals surface area contributed by atoms with Crippen LogP contribution in [0.25, 0.3) is 0 Å². The summed E-state index contributed by atoms with van der Waals surface area (Å²) in [5.74, 6) is 0.0147. The monoisotopic (exact) mass is 283 g/mol. The maximum Gasteiger partial charge on any atom is 0.177 e. The van der Waals surface area contributed by atoms with Crippen LogP contribution in [0, 0.1) is 0 Å². The van der Waals surface area contributed by atoms with E-state index in [0.717, 1.165) is 0 Å². The minimum Gasteiger partial charge on any atom is -0.507 e. The molecule has 1 heterocycles. The van der Waals surface area contributed by atoms with Crippen molar-refractivity contribution >= 4 is 6.21 Å². The molecule has 1 aliphatic rings. The van der Waals surface area contributed by atoms with Crippen LogP contribution >= 0.6 is 0 Å². The van der Waals surface area contributed by atoms with Gasteiger partial charge in [0.05, 0.1) is 6.61 Å². The van der Waals surface area contributed by atoms with E-state index in [1.54, 1.807) is 18.2 Å². The SMILES string of the molecule is OC[C@H]1OC(/N=C/c2ccccc2O)[C@H](O)[C@@H](O)[C@H]1O. The molecule has 0 aliphatic carbocycles. The van der Waals surface area contributed by atoms with Gasteiger partial charge in [-0.05, 0) is 12.1 Å². The van der Waals surface area contributed by atoms with Crippen molar-refractivity contribution in [2.24, 2.45) is 4.99 Å². The van der Waals surface area contributed by atoms with Crippen LogP contribution in [0.4, 0.5) is 0 Å². The molecule has 0 amide bonds. The van der Waals surface area contributed by atoms with Gasteiger partial charge in [0.15, 0.2) is 6.23 Å². The molecule has 20 heavy (non-hydrogen) atoms. The zero-order chi connectivity index (χ0) is 14.7. The number of benzene rings is 1. The molecule has 5 N–H and O–H groups in total. The van der Waals surface area contributed by atoms with Crippen LogP contribution in [0.2, 0.25) is 0 Å². The molecule has 0 bridgehead atoms. The van der Waals surface area contributed by atoms with Crippen molar-refractivity contribution in [2.75, 3.05) is 6.61 Å². The van der Waals surface area contributed by atoms with Crippen LogP contribution in [0.1, 0.15) is 5.56 Å². The van der Waals surface area contributed by atoms with Gasteiger partial charge < -0.3 is 30.3 Å². The summed E-state index contributed by atoms with van der Waals surface area (Å²) in [6.07, 6.45) is -5.14. The van der Waals surface area contributed by atoms with E-state index in [4.69, 9.17) is 9.84 Å². The van der Waals surface area contributed by atoms with Gasteiger partial charge in [0.2, 0.25) is 0 Å². The normalized spacial score (nSPS) is 34.5. The first-order valence-electron chi connectivity index (χ1n) is 6.16. The van der Waals surface area contributed by atoms with Crippen molar-refractivity contribution in [3.8, 4) is 5.75 Å². The second kappa shape index (κ2) is 6.29. The van der Waals surface area contributed by atoms with Crippen molar-refractivity contribution in [2.45, 2.75) is 30.6 Å². The highest BCUT2D eigenvalue weighted by molar-refractivity contribution is 5.83. The van der Waals surface area contributed by atoms with E-state index in [1.807, 2.05) is 0 Å². The number of hydrogen-bond donors (Lipinski definition) is 5. The number of para-hydroxylation sites is 1. The Morgan fingerprint density at radius 2 is 1.80 bits per heavy atom. The Bertz CT molecular complexity index is 478. The molecular formula is C13H17NO6. The highest BCUT2D eigenvalue weighted by Crippen LogP contribution is 2.22. The summed E-state index contributed by atoms with van der Waals surface area (Å²) in [5, 5.41) is 47.6. The predicted molar refractivity (Wildman–Crippen MR) is 69.5 cm³/mol. The number of ether oxygens (including phenoxy) is 1. The van der Waals surface area contributed by atoms with Crippen LogP contribution in [0.15, 0.2) is 29.3 Å². The van der Waals surface area contributed by atoms with E-state index in [9.17, 15) is 20.4 Å². The van der Waals surface area contributed by atoms with Gasteiger partial charge >= 0.3 is 0 Å². The minimum absolute atomic E-state index is 0.0147. The quantitative estimate of drug-likeness (QED) is 0.435. The number of aliphatic hydroxyl groups is 4. The molecule has 0 spiro atoms. The standard InChI is InChI=1S/C13H17NO6/c15-6-9-10(17)11(18)12(19)13(20-9)14-5-7-3-1-2-4-8(7)16/h1-5,9-13,15-19H,6H2/b14-5+/t9-,10+,11+,12-,13?/m1/s1. The first-order valence-corrected chi connectivity index (χ1v) is 6.16. The van der Waals surface area contributed by atoms with E-state index in [2.05, 4.69) is 4.99 Å². The third-order valence-electron chi connectivity index (χ3n) is 3.16. The van der Waals surface area contributed by atoms with Gasteiger partial charge in [0.1, 0.15) is 30.2 Å². The number of nitrogens with zero attached hydrogens (tertiary/aromatic N) is 1. The lowest BCUT2D eigenvalue weighted by molar-refractivity contribution is -0.226. The molecule has 1 aromatic rings. The molecule has 1 unspecified atom stereocenters. The van der Waals surface area contributed by atoms with Gasteiger partial charge in [-0.3, -0.25) is 4.99 Å². The van der Waals surface area contributed by atoms with E-state index >= 15 is 0 Å².